The van der Waals surface area contributed by atoms with Crippen molar-refractivity contribution < 1.29 is 0 Å². The van der Waals surface area contributed by atoms with Crippen molar-refractivity contribution in [1.82, 2.24) is 9.38 Å². The maximum absolute atomic E-state index is 6.14. The summed E-state index contributed by atoms with van der Waals surface area (Å²) in [6, 6.07) is 6.09. The summed E-state index contributed by atoms with van der Waals surface area (Å²) >= 11 is 6.14. The van der Waals surface area contributed by atoms with E-state index in [-0.39, 0.29) is 0 Å². The normalized spacial score (nSPS) is 19.5. The number of hydrogen-bond donors (Lipinski definition) is 0. The minimum Gasteiger partial charge on any atom is -0.355 e. The van der Waals surface area contributed by atoms with Gasteiger partial charge in [0.1, 0.15) is 5.65 Å². The Morgan fingerprint density at radius 1 is 1.42 bits per heavy atom. The van der Waals surface area contributed by atoms with E-state index in [0.717, 1.165) is 36.2 Å². The van der Waals surface area contributed by atoms with Crippen molar-refractivity contribution in [2.75, 3.05) is 18.0 Å². The molecule has 3 rings (SSSR count). The Hall–Kier alpha value is -1.22. The first kappa shape index (κ1) is 12.8. The van der Waals surface area contributed by atoms with Crippen molar-refractivity contribution in [2.24, 2.45) is 5.92 Å². The quantitative estimate of drug-likeness (QED) is 0.795. The van der Waals surface area contributed by atoms with Gasteiger partial charge in [0.15, 0.2) is 5.82 Å². The highest BCUT2D eigenvalue weighted by molar-refractivity contribution is 6.17. The van der Waals surface area contributed by atoms with Gasteiger partial charge in [-0.3, -0.25) is 0 Å². The van der Waals surface area contributed by atoms with Gasteiger partial charge in [0.2, 0.25) is 0 Å². The van der Waals surface area contributed by atoms with Gasteiger partial charge >= 0.3 is 0 Å². The zero-order valence-electron chi connectivity index (χ0n) is 11.3. The summed E-state index contributed by atoms with van der Waals surface area (Å²) in [6.07, 6.45) is 5.92. The SMILES string of the molecule is CCCC1CCN(c2nc3ccccn3c2CCl)C1. The largest absolute Gasteiger partial charge is 0.355 e. The molecule has 3 nitrogen and oxygen atoms in total. The summed E-state index contributed by atoms with van der Waals surface area (Å²) in [5.74, 6) is 2.41. The summed E-state index contributed by atoms with van der Waals surface area (Å²) in [4.78, 5) is 7.17. The molecule has 4 heteroatoms. The van der Waals surface area contributed by atoms with Crippen LogP contribution < -0.4 is 4.90 Å². The summed E-state index contributed by atoms with van der Waals surface area (Å²) < 4.78 is 2.11. The molecular weight excluding hydrogens is 258 g/mol. The molecule has 0 bridgehead atoms. The second kappa shape index (κ2) is 5.41. The van der Waals surface area contributed by atoms with Crippen molar-refractivity contribution in [1.29, 1.82) is 0 Å². The Morgan fingerprint density at radius 2 is 2.32 bits per heavy atom. The van der Waals surface area contributed by atoms with Crippen LogP contribution in [-0.2, 0) is 5.88 Å². The maximum atomic E-state index is 6.14. The zero-order valence-corrected chi connectivity index (χ0v) is 12.1. The number of rotatable bonds is 4. The Labute approximate surface area is 119 Å². The molecule has 0 aromatic carbocycles. The molecule has 1 fully saturated rings. The van der Waals surface area contributed by atoms with Gasteiger partial charge in [-0.2, -0.15) is 0 Å². The molecule has 0 spiro atoms. The molecule has 0 N–H and O–H groups in total. The first-order chi connectivity index (χ1) is 9.33. The van der Waals surface area contributed by atoms with Crippen molar-refractivity contribution in [2.45, 2.75) is 32.1 Å². The summed E-state index contributed by atoms with van der Waals surface area (Å²) in [6.45, 7) is 4.50. The van der Waals surface area contributed by atoms with Crippen LogP contribution in [0.15, 0.2) is 24.4 Å². The van der Waals surface area contributed by atoms with Crippen LogP contribution in [0.5, 0.6) is 0 Å². The molecule has 2 aromatic heterocycles. The lowest BCUT2D eigenvalue weighted by molar-refractivity contribution is 0.529. The van der Waals surface area contributed by atoms with Crippen LogP contribution in [0.3, 0.4) is 0 Å². The highest BCUT2D eigenvalue weighted by atomic mass is 35.5. The van der Waals surface area contributed by atoms with Crippen LogP contribution in [0.1, 0.15) is 31.9 Å². The van der Waals surface area contributed by atoms with E-state index >= 15 is 0 Å². The van der Waals surface area contributed by atoms with Crippen LogP contribution in [0.2, 0.25) is 0 Å². The third-order valence-corrected chi connectivity index (χ3v) is 4.27. The average molecular weight is 278 g/mol. The summed E-state index contributed by atoms with van der Waals surface area (Å²) in [5.41, 5.74) is 2.11. The number of anilines is 1. The van der Waals surface area contributed by atoms with Gasteiger partial charge in [-0.25, -0.2) is 4.98 Å². The molecule has 2 aromatic rings. The number of fused-ring (bicyclic) bond motifs is 1. The van der Waals surface area contributed by atoms with E-state index in [1.807, 2.05) is 24.4 Å². The van der Waals surface area contributed by atoms with E-state index in [0.29, 0.717) is 5.88 Å². The van der Waals surface area contributed by atoms with Gasteiger partial charge in [0.25, 0.3) is 0 Å². The predicted octanol–water partition coefficient (Wildman–Crippen LogP) is 3.70. The number of hydrogen-bond acceptors (Lipinski definition) is 2. The van der Waals surface area contributed by atoms with E-state index in [1.54, 1.807) is 0 Å². The van der Waals surface area contributed by atoms with Crippen molar-refractivity contribution in [3.63, 3.8) is 0 Å². The minimum atomic E-state index is 0.509. The van der Waals surface area contributed by atoms with Crippen LogP contribution in [0, 0.1) is 5.92 Å². The van der Waals surface area contributed by atoms with Gasteiger partial charge < -0.3 is 9.30 Å². The predicted molar refractivity (Wildman–Crippen MR) is 80.0 cm³/mol. The lowest BCUT2D eigenvalue weighted by atomic mass is 10.0. The molecule has 0 radical (unpaired) electrons. The van der Waals surface area contributed by atoms with Gasteiger partial charge in [0.05, 0.1) is 11.6 Å². The van der Waals surface area contributed by atoms with E-state index < -0.39 is 0 Å². The van der Waals surface area contributed by atoms with Crippen LogP contribution >= 0.6 is 11.6 Å². The van der Waals surface area contributed by atoms with E-state index in [2.05, 4.69) is 16.2 Å². The third kappa shape index (κ3) is 2.32. The summed E-state index contributed by atoms with van der Waals surface area (Å²) in [7, 11) is 0. The van der Waals surface area contributed by atoms with Gasteiger partial charge in [-0.15, -0.1) is 11.6 Å². The Kier molecular flexibility index (Phi) is 3.65. The molecular formula is C15H20ClN3. The number of halogens is 1. The van der Waals surface area contributed by atoms with E-state index in [1.165, 1.54) is 19.3 Å². The molecule has 1 atom stereocenters. The Bertz CT molecular complexity index is 564. The fourth-order valence-electron chi connectivity index (χ4n) is 3.08. The number of alkyl halides is 1. The highest BCUT2D eigenvalue weighted by Crippen LogP contribution is 2.30. The van der Waals surface area contributed by atoms with Gasteiger partial charge in [-0.05, 0) is 30.9 Å². The third-order valence-electron chi connectivity index (χ3n) is 4.02. The fourth-order valence-corrected chi connectivity index (χ4v) is 3.33. The van der Waals surface area contributed by atoms with Crippen molar-refractivity contribution in [3.05, 3.63) is 30.1 Å². The topological polar surface area (TPSA) is 20.5 Å². The van der Waals surface area contributed by atoms with Crippen molar-refractivity contribution in [3.8, 4) is 0 Å². The maximum Gasteiger partial charge on any atom is 0.152 e. The molecule has 0 amide bonds. The van der Waals surface area contributed by atoms with Gasteiger partial charge in [0, 0.05) is 19.3 Å². The molecule has 1 aliphatic heterocycles. The molecule has 19 heavy (non-hydrogen) atoms. The number of imidazole rings is 1. The first-order valence-electron chi connectivity index (χ1n) is 7.10. The van der Waals surface area contributed by atoms with E-state index in [9.17, 15) is 0 Å². The van der Waals surface area contributed by atoms with Crippen LogP contribution in [0.25, 0.3) is 5.65 Å². The van der Waals surface area contributed by atoms with Crippen molar-refractivity contribution >= 4 is 23.1 Å². The van der Waals surface area contributed by atoms with E-state index in [4.69, 9.17) is 16.6 Å². The molecule has 3 heterocycles. The minimum absolute atomic E-state index is 0.509. The Morgan fingerprint density at radius 3 is 3.11 bits per heavy atom. The molecule has 1 saturated heterocycles. The average Bonchev–Trinajstić information content (AvgIpc) is 3.02. The lowest BCUT2D eigenvalue weighted by Crippen LogP contribution is -2.21. The monoisotopic (exact) mass is 277 g/mol. The lowest BCUT2D eigenvalue weighted by Gasteiger charge is -2.17. The highest BCUT2D eigenvalue weighted by Gasteiger charge is 2.26. The number of pyridine rings is 1. The van der Waals surface area contributed by atoms with Crippen LogP contribution in [0.4, 0.5) is 5.82 Å². The van der Waals surface area contributed by atoms with Crippen LogP contribution in [-0.4, -0.2) is 22.5 Å². The molecule has 1 aliphatic rings. The molecule has 102 valence electrons. The second-order valence-corrected chi connectivity index (χ2v) is 5.60. The zero-order chi connectivity index (χ0) is 13.2. The van der Waals surface area contributed by atoms with Gasteiger partial charge in [-0.1, -0.05) is 19.4 Å². The summed E-state index contributed by atoms with van der Waals surface area (Å²) in [5, 5.41) is 0. The molecule has 0 aliphatic carbocycles. The number of aromatic nitrogens is 2. The smallest absolute Gasteiger partial charge is 0.152 e. The first-order valence-corrected chi connectivity index (χ1v) is 7.63. The Balaban J connectivity index is 1.92. The second-order valence-electron chi connectivity index (χ2n) is 5.33. The molecule has 1 unspecified atom stereocenters. The number of nitrogens with zero attached hydrogens (tertiary/aromatic N) is 3. The standard InChI is InChI=1S/C15H20ClN3/c1-2-5-12-7-9-18(11-12)15-13(10-16)19-8-4-3-6-14(19)17-15/h3-4,6,8,12H,2,5,7,9-11H2,1H3. The fraction of sp³-hybridized carbons (Fsp3) is 0.533. The molecule has 0 saturated carbocycles.